The van der Waals surface area contributed by atoms with E-state index < -0.39 is 12.1 Å². The summed E-state index contributed by atoms with van der Waals surface area (Å²) in [5.74, 6) is 0.0316. The quantitative estimate of drug-likeness (QED) is 0.176. The molecule has 1 aliphatic heterocycles. The molecule has 0 aromatic heterocycles. The van der Waals surface area contributed by atoms with Crippen LogP contribution in [-0.4, -0.2) is 97.4 Å². The van der Waals surface area contributed by atoms with E-state index in [4.69, 9.17) is 20.3 Å². The number of aliphatic hydroxyl groups is 1. The van der Waals surface area contributed by atoms with Crippen molar-refractivity contribution in [3.8, 4) is 0 Å². The summed E-state index contributed by atoms with van der Waals surface area (Å²) in [6, 6.07) is 0.533. The second kappa shape index (κ2) is 12.3. The topological polar surface area (TPSA) is 118 Å². The highest BCUT2D eigenvalue weighted by Gasteiger charge is 2.36. The van der Waals surface area contributed by atoms with Gasteiger partial charge in [0.2, 0.25) is 6.41 Å². The van der Waals surface area contributed by atoms with Crippen molar-refractivity contribution in [1.82, 2.24) is 20.4 Å². The summed E-state index contributed by atoms with van der Waals surface area (Å²) in [7, 11) is 1.70. The normalized spacial score (nSPS) is 27.9. The van der Waals surface area contributed by atoms with Crippen molar-refractivity contribution in [3.05, 3.63) is 11.8 Å². The molecule has 0 saturated carbocycles. The lowest BCUT2D eigenvalue weighted by molar-refractivity contribution is -0.141. The van der Waals surface area contributed by atoms with Gasteiger partial charge in [-0.1, -0.05) is 19.9 Å². The predicted molar refractivity (Wildman–Crippen MR) is 119 cm³/mol. The van der Waals surface area contributed by atoms with Crippen LogP contribution in [-0.2, 0) is 9.47 Å². The fourth-order valence-corrected chi connectivity index (χ4v) is 4.08. The molecule has 5 atom stereocenters. The fraction of sp³-hybridized carbons (Fsp3) is 0.905. The minimum atomic E-state index is -0.905. The van der Waals surface area contributed by atoms with Crippen molar-refractivity contribution in [3.63, 3.8) is 0 Å². The molecule has 1 fully saturated rings. The van der Waals surface area contributed by atoms with Gasteiger partial charge in [-0.15, -0.1) is 0 Å². The molecule has 30 heavy (non-hydrogen) atoms. The van der Waals surface area contributed by atoms with Gasteiger partial charge in [0.15, 0.2) is 0 Å². The SMILES string of the molecule is CCN(CCNCOC)C1CC=C(N2CC(CNC(C)(N)C(C)C[OH2+])OC2O)CC1. The minimum absolute atomic E-state index is 0.0316. The van der Waals surface area contributed by atoms with Crippen LogP contribution in [0.15, 0.2) is 11.8 Å². The summed E-state index contributed by atoms with van der Waals surface area (Å²) in [5.41, 5.74) is 6.83. The Balaban J connectivity index is 1.82. The second-order valence-corrected chi connectivity index (χ2v) is 8.69. The zero-order valence-corrected chi connectivity index (χ0v) is 19.2. The molecule has 7 N–H and O–H groups in total. The minimum Gasteiger partial charge on any atom is -0.445 e. The Morgan fingerprint density at radius 1 is 1.53 bits per heavy atom. The van der Waals surface area contributed by atoms with E-state index in [0.29, 0.717) is 25.9 Å². The van der Waals surface area contributed by atoms with Crippen LogP contribution in [0.1, 0.15) is 40.0 Å². The molecular weight excluding hydrogens is 386 g/mol. The van der Waals surface area contributed by atoms with Gasteiger partial charge in [-0.2, -0.15) is 0 Å². The van der Waals surface area contributed by atoms with E-state index in [1.807, 2.05) is 18.7 Å². The van der Waals surface area contributed by atoms with Crippen LogP contribution in [0.4, 0.5) is 0 Å². The fourth-order valence-electron chi connectivity index (χ4n) is 4.08. The van der Waals surface area contributed by atoms with Gasteiger partial charge in [0.05, 0.1) is 31.0 Å². The van der Waals surface area contributed by atoms with Gasteiger partial charge < -0.3 is 30.3 Å². The number of hydrogen-bond donors (Lipinski definition) is 4. The molecule has 0 bridgehead atoms. The van der Waals surface area contributed by atoms with Crippen LogP contribution < -0.4 is 16.4 Å². The van der Waals surface area contributed by atoms with Crippen LogP contribution in [0.5, 0.6) is 0 Å². The smallest absolute Gasteiger partial charge is 0.238 e. The molecule has 1 aliphatic carbocycles. The zero-order valence-electron chi connectivity index (χ0n) is 19.2. The Morgan fingerprint density at radius 3 is 2.90 bits per heavy atom. The van der Waals surface area contributed by atoms with Crippen molar-refractivity contribution in [2.24, 2.45) is 11.7 Å². The number of allylic oxidation sites excluding steroid dienone is 1. The van der Waals surface area contributed by atoms with Crippen molar-refractivity contribution < 1.29 is 19.7 Å². The molecule has 5 unspecified atom stereocenters. The van der Waals surface area contributed by atoms with Gasteiger partial charge in [0.1, 0.15) is 6.61 Å². The standard InChI is InChI=1S/C21H43N5O4/c1-5-25(11-10-23-15-29-4)17-6-8-18(9-7-17)26-13-19(30-20(26)28)12-24-21(3,22)16(2)14-27/h8,16-17,19-20,23-24,27-28H,5-7,9-15,22H2,1-4H3/p+1. The second-order valence-electron chi connectivity index (χ2n) is 8.69. The Hall–Kier alpha value is -0.780. The Morgan fingerprint density at radius 2 is 2.30 bits per heavy atom. The maximum absolute atomic E-state index is 10.4. The summed E-state index contributed by atoms with van der Waals surface area (Å²) in [6.07, 6.45) is 4.24. The Bertz CT molecular complexity index is 534. The Labute approximate surface area is 181 Å². The maximum Gasteiger partial charge on any atom is 0.238 e. The monoisotopic (exact) mass is 430 g/mol. The third-order valence-corrected chi connectivity index (χ3v) is 6.49. The van der Waals surface area contributed by atoms with E-state index in [2.05, 4.69) is 28.5 Å². The lowest BCUT2D eigenvalue weighted by atomic mass is 9.96. The molecule has 9 heteroatoms. The van der Waals surface area contributed by atoms with Gasteiger partial charge in [0, 0.05) is 38.5 Å². The maximum atomic E-state index is 10.4. The van der Waals surface area contributed by atoms with Crippen molar-refractivity contribution >= 4 is 0 Å². The predicted octanol–water partition coefficient (Wildman–Crippen LogP) is -0.460. The molecule has 0 aromatic rings. The number of ether oxygens (including phenoxy) is 2. The first-order valence-electron chi connectivity index (χ1n) is 11.2. The zero-order chi connectivity index (χ0) is 22.1. The van der Waals surface area contributed by atoms with Crippen molar-refractivity contribution in [2.45, 2.75) is 64.3 Å². The molecule has 2 rings (SSSR count). The number of nitrogens with two attached hydrogens (primary N) is 1. The molecule has 1 saturated heterocycles. The summed E-state index contributed by atoms with van der Waals surface area (Å²) < 4.78 is 10.8. The highest BCUT2D eigenvalue weighted by atomic mass is 16.6. The first kappa shape index (κ1) is 25.5. The molecular formula is C21H44N5O4+. The summed E-state index contributed by atoms with van der Waals surface area (Å²) in [5, 5.41) is 24.6. The molecule has 0 spiro atoms. The molecule has 2 aliphatic rings. The van der Waals surface area contributed by atoms with E-state index in [0.717, 1.165) is 38.9 Å². The highest BCUT2D eigenvalue weighted by molar-refractivity contribution is 5.09. The Kier molecular flexibility index (Phi) is 10.5. The highest BCUT2D eigenvalue weighted by Crippen LogP contribution is 2.29. The van der Waals surface area contributed by atoms with Crippen LogP contribution in [0, 0.1) is 5.92 Å². The van der Waals surface area contributed by atoms with Gasteiger partial charge in [0.25, 0.3) is 0 Å². The van der Waals surface area contributed by atoms with Gasteiger partial charge in [-0.05, 0) is 32.7 Å². The third kappa shape index (κ3) is 7.13. The molecule has 176 valence electrons. The largest absolute Gasteiger partial charge is 0.445 e. The first-order valence-corrected chi connectivity index (χ1v) is 11.2. The van der Waals surface area contributed by atoms with Crippen LogP contribution in [0.2, 0.25) is 0 Å². The lowest BCUT2D eigenvalue weighted by Crippen LogP contribution is -2.58. The molecule has 0 aromatic carbocycles. The lowest BCUT2D eigenvalue weighted by Gasteiger charge is -2.35. The molecule has 0 radical (unpaired) electrons. The van der Waals surface area contributed by atoms with E-state index >= 15 is 0 Å². The number of aliphatic hydroxyl groups excluding tert-OH is 1. The average molecular weight is 431 g/mol. The number of nitrogens with zero attached hydrogens (tertiary/aromatic N) is 2. The van der Waals surface area contributed by atoms with Crippen molar-refractivity contribution in [2.75, 3.05) is 53.2 Å². The van der Waals surface area contributed by atoms with E-state index in [-0.39, 0.29) is 18.6 Å². The van der Waals surface area contributed by atoms with Gasteiger partial charge in [-0.3, -0.25) is 15.5 Å². The van der Waals surface area contributed by atoms with E-state index in [1.165, 1.54) is 5.70 Å². The van der Waals surface area contributed by atoms with E-state index in [1.54, 1.807) is 7.11 Å². The van der Waals surface area contributed by atoms with E-state index in [9.17, 15) is 5.11 Å². The van der Waals surface area contributed by atoms with Crippen LogP contribution >= 0.6 is 0 Å². The van der Waals surface area contributed by atoms with Crippen LogP contribution in [0.25, 0.3) is 0 Å². The number of hydrogen-bond acceptors (Lipinski definition) is 8. The van der Waals surface area contributed by atoms with Gasteiger partial charge >= 0.3 is 0 Å². The molecule has 1 heterocycles. The number of rotatable bonds is 13. The summed E-state index contributed by atoms with van der Waals surface area (Å²) in [6.45, 7) is 11.1. The number of nitrogens with one attached hydrogen (secondary N) is 2. The van der Waals surface area contributed by atoms with Gasteiger partial charge in [-0.25, -0.2) is 0 Å². The number of likely N-dealkylation sites (N-methyl/N-ethyl adjacent to an activating group) is 1. The number of methoxy groups -OCH3 is 1. The third-order valence-electron chi connectivity index (χ3n) is 6.49. The summed E-state index contributed by atoms with van der Waals surface area (Å²) in [4.78, 5) is 4.48. The van der Waals surface area contributed by atoms with Crippen molar-refractivity contribution in [1.29, 1.82) is 0 Å². The first-order chi connectivity index (χ1) is 14.3. The van der Waals surface area contributed by atoms with Crippen LogP contribution in [0.3, 0.4) is 0 Å². The summed E-state index contributed by atoms with van der Waals surface area (Å²) >= 11 is 0. The molecule has 0 amide bonds. The average Bonchev–Trinajstić information content (AvgIpc) is 3.12. The molecule has 9 nitrogen and oxygen atoms in total.